The fraction of sp³-hybridized carbons (Fsp3) is 0.429. The fourth-order valence-electron chi connectivity index (χ4n) is 1.70. The lowest BCUT2D eigenvalue weighted by atomic mass is 10.2. The zero-order valence-corrected chi connectivity index (χ0v) is 13.1. The number of rotatable bonds is 8. The van der Waals surface area contributed by atoms with E-state index >= 15 is 0 Å². The van der Waals surface area contributed by atoms with Gasteiger partial charge in [0, 0.05) is 19.9 Å². The number of unbranched alkanes of at least 4 members (excludes halogenated alkanes) is 2. The second-order valence-electron chi connectivity index (χ2n) is 4.71. The molecule has 2 N–H and O–H groups in total. The number of nitrogens with one attached hydrogen (secondary N) is 1. The molecule has 122 valence electrons. The van der Waals surface area contributed by atoms with Crippen molar-refractivity contribution in [3.63, 3.8) is 0 Å². The van der Waals surface area contributed by atoms with Crippen LogP contribution in [0.25, 0.3) is 0 Å². The molecule has 0 unspecified atom stereocenters. The van der Waals surface area contributed by atoms with Crippen LogP contribution in [0.3, 0.4) is 0 Å². The van der Waals surface area contributed by atoms with Gasteiger partial charge in [-0.2, -0.15) is 8.42 Å². The Bertz CT molecular complexity index is 609. The van der Waals surface area contributed by atoms with E-state index in [9.17, 15) is 18.0 Å². The Morgan fingerprint density at radius 2 is 1.77 bits per heavy atom. The molecule has 0 fully saturated rings. The quantitative estimate of drug-likeness (QED) is 0.324. The van der Waals surface area contributed by atoms with Crippen molar-refractivity contribution in [2.45, 2.75) is 37.5 Å². The molecular formula is C14H19NO6S. The van der Waals surface area contributed by atoms with Crippen molar-refractivity contribution in [2.75, 3.05) is 6.54 Å². The van der Waals surface area contributed by atoms with Crippen LogP contribution in [0.2, 0.25) is 0 Å². The molecule has 22 heavy (non-hydrogen) atoms. The summed E-state index contributed by atoms with van der Waals surface area (Å²) in [5.41, 5.74) is 0. The molecule has 0 spiro atoms. The summed E-state index contributed by atoms with van der Waals surface area (Å²) in [7, 11) is -4.25. The van der Waals surface area contributed by atoms with Crippen molar-refractivity contribution in [3.8, 4) is 5.75 Å². The maximum absolute atomic E-state index is 11.6. The Balaban J connectivity index is 2.29. The van der Waals surface area contributed by atoms with E-state index in [0.717, 1.165) is 25.0 Å². The number of esters is 1. The van der Waals surface area contributed by atoms with Gasteiger partial charge in [-0.3, -0.25) is 14.1 Å². The maximum Gasteiger partial charge on any atom is 0.311 e. The minimum atomic E-state index is -4.25. The van der Waals surface area contributed by atoms with Crippen LogP contribution >= 0.6 is 0 Å². The van der Waals surface area contributed by atoms with Gasteiger partial charge in [-0.25, -0.2) is 0 Å². The number of carbonyl (C=O) groups is 2. The molecule has 8 heteroatoms. The molecule has 0 aromatic heterocycles. The largest absolute Gasteiger partial charge is 0.427 e. The number of amides is 1. The van der Waals surface area contributed by atoms with Crippen molar-refractivity contribution in [1.29, 1.82) is 0 Å². The van der Waals surface area contributed by atoms with Crippen LogP contribution < -0.4 is 10.1 Å². The normalized spacial score (nSPS) is 11.0. The molecule has 0 saturated carbocycles. The molecule has 0 aliphatic rings. The summed E-state index contributed by atoms with van der Waals surface area (Å²) in [6.45, 7) is 2.03. The molecule has 0 aliphatic carbocycles. The minimum Gasteiger partial charge on any atom is -0.427 e. The summed E-state index contributed by atoms with van der Waals surface area (Å²) in [6, 6.07) is 4.92. The Morgan fingerprint density at radius 3 is 2.32 bits per heavy atom. The summed E-state index contributed by atoms with van der Waals surface area (Å²) >= 11 is 0. The Morgan fingerprint density at radius 1 is 1.14 bits per heavy atom. The van der Waals surface area contributed by atoms with Gasteiger partial charge in [-0.15, -0.1) is 0 Å². The van der Waals surface area contributed by atoms with Crippen molar-refractivity contribution < 1.29 is 27.3 Å². The molecule has 0 radical (unpaired) electrons. The number of hydrogen-bond acceptors (Lipinski definition) is 5. The van der Waals surface area contributed by atoms with E-state index < -0.39 is 16.1 Å². The SMILES string of the molecule is CC(=O)NCCCCCC(=O)Oc1ccc(S(=O)(=O)O)cc1. The molecule has 0 atom stereocenters. The van der Waals surface area contributed by atoms with E-state index in [0.29, 0.717) is 13.0 Å². The number of hydrogen-bond donors (Lipinski definition) is 2. The van der Waals surface area contributed by atoms with E-state index in [1.54, 1.807) is 0 Å². The zero-order chi connectivity index (χ0) is 16.6. The number of ether oxygens (including phenoxy) is 1. The fourth-order valence-corrected chi connectivity index (χ4v) is 2.18. The first kappa shape index (κ1) is 18.1. The van der Waals surface area contributed by atoms with Crippen LogP contribution in [0.4, 0.5) is 0 Å². The van der Waals surface area contributed by atoms with Gasteiger partial charge in [0.15, 0.2) is 0 Å². The summed E-state index contributed by atoms with van der Waals surface area (Å²) in [4.78, 5) is 22.0. The van der Waals surface area contributed by atoms with Crippen LogP contribution in [0, 0.1) is 0 Å². The van der Waals surface area contributed by atoms with Crippen molar-refractivity contribution in [3.05, 3.63) is 24.3 Å². The highest BCUT2D eigenvalue weighted by Gasteiger charge is 2.10. The molecular weight excluding hydrogens is 310 g/mol. The van der Waals surface area contributed by atoms with Crippen LogP contribution in [0.5, 0.6) is 5.75 Å². The van der Waals surface area contributed by atoms with Gasteiger partial charge >= 0.3 is 5.97 Å². The molecule has 1 aromatic carbocycles. The molecule has 1 amide bonds. The van der Waals surface area contributed by atoms with E-state index in [-0.39, 0.29) is 23.0 Å². The average Bonchev–Trinajstić information content (AvgIpc) is 2.42. The van der Waals surface area contributed by atoms with Gasteiger partial charge in [0.1, 0.15) is 5.75 Å². The van der Waals surface area contributed by atoms with Gasteiger partial charge in [0.05, 0.1) is 4.90 Å². The summed E-state index contributed by atoms with van der Waals surface area (Å²) < 4.78 is 35.6. The predicted octanol–water partition coefficient (Wildman–Crippen LogP) is 1.54. The molecule has 1 rings (SSSR count). The third-order valence-electron chi connectivity index (χ3n) is 2.78. The van der Waals surface area contributed by atoms with Crippen molar-refractivity contribution >= 4 is 22.0 Å². The molecule has 0 aliphatic heterocycles. The molecule has 7 nitrogen and oxygen atoms in total. The Kier molecular flexibility index (Phi) is 7.00. The number of carbonyl (C=O) groups excluding carboxylic acids is 2. The molecule has 1 aromatic rings. The summed E-state index contributed by atoms with van der Waals surface area (Å²) in [5.74, 6) is -0.275. The first-order valence-electron chi connectivity index (χ1n) is 6.82. The zero-order valence-electron chi connectivity index (χ0n) is 12.2. The van der Waals surface area contributed by atoms with Crippen LogP contribution in [-0.4, -0.2) is 31.4 Å². The molecule has 0 heterocycles. The van der Waals surface area contributed by atoms with Crippen LogP contribution in [0.1, 0.15) is 32.6 Å². The summed E-state index contributed by atoms with van der Waals surface area (Å²) in [6.07, 6.45) is 2.45. The van der Waals surface area contributed by atoms with Gasteiger partial charge in [-0.1, -0.05) is 6.42 Å². The topological polar surface area (TPSA) is 110 Å². The van der Waals surface area contributed by atoms with E-state index in [4.69, 9.17) is 9.29 Å². The summed E-state index contributed by atoms with van der Waals surface area (Å²) in [5, 5.41) is 2.67. The van der Waals surface area contributed by atoms with Gasteiger partial charge in [0.2, 0.25) is 5.91 Å². The highest BCUT2D eigenvalue weighted by molar-refractivity contribution is 7.85. The van der Waals surface area contributed by atoms with E-state index in [1.165, 1.54) is 19.1 Å². The Labute approximate surface area is 129 Å². The lowest BCUT2D eigenvalue weighted by Gasteiger charge is -2.05. The van der Waals surface area contributed by atoms with Crippen molar-refractivity contribution in [2.24, 2.45) is 0 Å². The van der Waals surface area contributed by atoms with E-state index in [1.807, 2.05) is 0 Å². The maximum atomic E-state index is 11.6. The first-order chi connectivity index (χ1) is 10.3. The second-order valence-corrected chi connectivity index (χ2v) is 6.14. The third kappa shape index (κ3) is 7.19. The van der Waals surface area contributed by atoms with Gasteiger partial charge < -0.3 is 10.1 Å². The van der Waals surface area contributed by atoms with Crippen LogP contribution in [0.15, 0.2) is 29.2 Å². The average molecular weight is 329 g/mol. The Hall–Kier alpha value is -1.93. The van der Waals surface area contributed by atoms with Crippen LogP contribution in [-0.2, 0) is 19.7 Å². The number of benzene rings is 1. The smallest absolute Gasteiger partial charge is 0.311 e. The second kappa shape index (κ2) is 8.50. The van der Waals surface area contributed by atoms with Gasteiger partial charge in [0.25, 0.3) is 10.1 Å². The standard InChI is InChI=1S/C14H19NO6S/c1-11(16)15-10-4-2-3-5-14(17)21-12-6-8-13(9-7-12)22(18,19)20/h6-9H,2-5,10H2,1H3,(H,15,16)(H,18,19,20). The minimum absolute atomic E-state index is 0.0762. The predicted molar refractivity (Wildman–Crippen MR) is 79.0 cm³/mol. The third-order valence-corrected chi connectivity index (χ3v) is 3.65. The highest BCUT2D eigenvalue weighted by atomic mass is 32.2. The van der Waals surface area contributed by atoms with Crippen molar-refractivity contribution in [1.82, 2.24) is 5.32 Å². The lowest BCUT2D eigenvalue weighted by Crippen LogP contribution is -2.20. The molecule has 0 bridgehead atoms. The molecule has 0 saturated heterocycles. The van der Waals surface area contributed by atoms with E-state index in [2.05, 4.69) is 5.32 Å². The monoisotopic (exact) mass is 329 g/mol. The van der Waals surface area contributed by atoms with Gasteiger partial charge in [-0.05, 0) is 37.1 Å². The highest BCUT2D eigenvalue weighted by Crippen LogP contribution is 2.16. The first-order valence-corrected chi connectivity index (χ1v) is 8.26. The lowest BCUT2D eigenvalue weighted by molar-refractivity contribution is -0.134.